The molecule has 0 radical (unpaired) electrons. The molecule has 3 aromatic rings. The quantitative estimate of drug-likeness (QED) is 0.721. The summed E-state index contributed by atoms with van der Waals surface area (Å²) >= 11 is 0. The standard InChI is InChI=1S/C20H16O4/c1-13(21)14-5-8-19(9-6-14)24-12-20(23)17-3-2-16-11-18(22)7-4-15(16)10-17/h2-11,22H,12H2,1H3. The van der Waals surface area contributed by atoms with Crippen LogP contribution in [0.15, 0.2) is 60.7 Å². The molecule has 1 N–H and O–H groups in total. The summed E-state index contributed by atoms with van der Waals surface area (Å²) in [5, 5.41) is 11.2. The molecule has 3 rings (SSSR count). The van der Waals surface area contributed by atoms with E-state index in [0.717, 1.165) is 10.8 Å². The third-order valence-corrected chi connectivity index (χ3v) is 3.78. The molecule has 3 aromatic carbocycles. The first-order valence-electron chi connectivity index (χ1n) is 7.53. The molecule has 0 unspecified atom stereocenters. The molecule has 0 aliphatic heterocycles. The Labute approximate surface area is 139 Å². The monoisotopic (exact) mass is 320 g/mol. The molecular formula is C20H16O4. The number of carbonyl (C=O) groups is 2. The summed E-state index contributed by atoms with van der Waals surface area (Å²) in [5.74, 6) is 0.582. The van der Waals surface area contributed by atoms with Crippen molar-refractivity contribution in [1.29, 1.82) is 0 Å². The lowest BCUT2D eigenvalue weighted by Gasteiger charge is -2.07. The van der Waals surface area contributed by atoms with Gasteiger partial charge in [-0.1, -0.05) is 18.2 Å². The zero-order valence-electron chi connectivity index (χ0n) is 13.2. The lowest BCUT2D eigenvalue weighted by atomic mass is 10.0. The molecule has 0 heterocycles. The lowest BCUT2D eigenvalue weighted by molar-refractivity contribution is 0.0920. The predicted octanol–water partition coefficient (Wildman–Crippen LogP) is 4.01. The molecule has 0 saturated carbocycles. The van der Waals surface area contributed by atoms with E-state index < -0.39 is 0 Å². The van der Waals surface area contributed by atoms with Gasteiger partial charge < -0.3 is 9.84 Å². The Morgan fingerprint density at radius 3 is 2.21 bits per heavy atom. The highest BCUT2D eigenvalue weighted by atomic mass is 16.5. The normalized spacial score (nSPS) is 10.5. The summed E-state index contributed by atoms with van der Waals surface area (Å²) in [6, 6.07) is 17.0. The van der Waals surface area contributed by atoms with Crippen LogP contribution in [0.4, 0.5) is 0 Å². The van der Waals surface area contributed by atoms with Crippen molar-refractivity contribution in [3.8, 4) is 11.5 Å². The van der Waals surface area contributed by atoms with E-state index in [9.17, 15) is 14.7 Å². The molecule has 0 amide bonds. The molecule has 4 heteroatoms. The Morgan fingerprint density at radius 2 is 1.50 bits per heavy atom. The van der Waals surface area contributed by atoms with E-state index in [2.05, 4.69) is 0 Å². The molecule has 4 nitrogen and oxygen atoms in total. The highest BCUT2D eigenvalue weighted by Gasteiger charge is 2.08. The Bertz CT molecular complexity index is 911. The first-order chi connectivity index (χ1) is 11.5. The van der Waals surface area contributed by atoms with Crippen molar-refractivity contribution in [2.75, 3.05) is 6.61 Å². The van der Waals surface area contributed by atoms with Crippen LogP contribution in [0.3, 0.4) is 0 Å². The van der Waals surface area contributed by atoms with Crippen molar-refractivity contribution in [2.24, 2.45) is 0 Å². The molecule has 0 saturated heterocycles. The van der Waals surface area contributed by atoms with Gasteiger partial charge in [0.15, 0.2) is 18.2 Å². The molecule has 120 valence electrons. The van der Waals surface area contributed by atoms with Crippen molar-refractivity contribution < 1.29 is 19.4 Å². The summed E-state index contributed by atoms with van der Waals surface area (Å²) in [5.41, 5.74) is 1.15. The molecule has 0 spiro atoms. The first-order valence-corrected chi connectivity index (χ1v) is 7.53. The average Bonchev–Trinajstić information content (AvgIpc) is 2.59. The van der Waals surface area contributed by atoms with Crippen molar-refractivity contribution in [1.82, 2.24) is 0 Å². The third kappa shape index (κ3) is 3.43. The Balaban J connectivity index is 1.70. The highest BCUT2D eigenvalue weighted by molar-refractivity contribution is 6.01. The number of aromatic hydroxyl groups is 1. The van der Waals surface area contributed by atoms with Gasteiger partial charge in [0, 0.05) is 11.1 Å². The summed E-state index contributed by atoms with van der Waals surface area (Å²) in [6.07, 6.45) is 0. The summed E-state index contributed by atoms with van der Waals surface area (Å²) < 4.78 is 5.49. The van der Waals surface area contributed by atoms with Crippen LogP contribution in [0.2, 0.25) is 0 Å². The van der Waals surface area contributed by atoms with Crippen LogP contribution in [0.5, 0.6) is 11.5 Å². The van der Waals surface area contributed by atoms with Crippen LogP contribution in [-0.4, -0.2) is 23.3 Å². The molecule has 0 fully saturated rings. The maximum absolute atomic E-state index is 12.3. The summed E-state index contributed by atoms with van der Waals surface area (Å²) in [4.78, 5) is 23.5. The molecular weight excluding hydrogens is 304 g/mol. The van der Waals surface area contributed by atoms with Crippen LogP contribution in [0, 0.1) is 0 Å². The highest BCUT2D eigenvalue weighted by Crippen LogP contribution is 2.21. The van der Waals surface area contributed by atoms with E-state index in [1.165, 1.54) is 6.92 Å². The number of carbonyl (C=O) groups excluding carboxylic acids is 2. The summed E-state index contributed by atoms with van der Waals surface area (Å²) in [7, 11) is 0. The first kappa shape index (κ1) is 15.7. The van der Waals surface area contributed by atoms with Gasteiger partial charge in [-0.2, -0.15) is 0 Å². The number of rotatable bonds is 5. The summed E-state index contributed by atoms with van der Waals surface area (Å²) in [6.45, 7) is 1.42. The maximum Gasteiger partial charge on any atom is 0.200 e. The second-order valence-electron chi connectivity index (χ2n) is 5.54. The van der Waals surface area contributed by atoms with E-state index in [4.69, 9.17) is 4.74 Å². The van der Waals surface area contributed by atoms with E-state index >= 15 is 0 Å². The van der Waals surface area contributed by atoms with Crippen molar-refractivity contribution >= 4 is 22.3 Å². The van der Waals surface area contributed by atoms with Crippen molar-refractivity contribution in [2.45, 2.75) is 6.92 Å². The number of phenolic OH excluding ortho intramolecular Hbond substituents is 1. The van der Waals surface area contributed by atoms with Gasteiger partial charge in [0.25, 0.3) is 0 Å². The van der Waals surface area contributed by atoms with E-state index in [0.29, 0.717) is 16.9 Å². The van der Waals surface area contributed by atoms with Crippen LogP contribution in [-0.2, 0) is 0 Å². The van der Waals surface area contributed by atoms with Gasteiger partial charge in [-0.25, -0.2) is 0 Å². The molecule has 0 aliphatic carbocycles. The zero-order valence-corrected chi connectivity index (χ0v) is 13.2. The third-order valence-electron chi connectivity index (χ3n) is 3.78. The molecule has 0 aliphatic rings. The van der Waals surface area contributed by atoms with E-state index in [1.807, 2.05) is 0 Å². The second-order valence-corrected chi connectivity index (χ2v) is 5.54. The Kier molecular flexibility index (Phi) is 4.29. The van der Waals surface area contributed by atoms with Crippen LogP contribution in [0.25, 0.3) is 10.8 Å². The maximum atomic E-state index is 12.3. The second kappa shape index (κ2) is 6.54. The van der Waals surface area contributed by atoms with Crippen molar-refractivity contribution in [3.63, 3.8) is 0 Å². The number of hydrogen-bond donors (Lipinski definition) is 1. The number of fused-ring (bicyclic) bond motifs is 1. The minimum Gasteiger partial charge on any atom is -0.508 e. The number of hydrogen-bond acceptors (Lipinski definition) is 4. The van der Waals surface area contributed by atoms with Gasteiger partial charge in [0.05, 0.1) is 0 Å². The van der Waals surface area contributed by atoms with Crippen LogP contribution < -0.4 is 4.74 Å². The van der Waals surface area contributed by atoms with E-state index in [-0.39, 0.29) is 23.9 Å². The average molecular weight is 320 g/mol. The van der Waals surface area contributed by atoms with Crippen LogP contribution >= 0.6 is 0 Å². The van der Waals surface area contributed by atoms with Crippen molar-refractivity contribution in [3.05, 3.63) is 71.8 Å². The van der Waals surface area contributed by atoms with Gasteiger partial charge in [-0.3, -0.25) is 9.59 Å². The number of ether oxygens (including phenoxy) is 1. The topological polar surface area (TPSA) is 63.6 Å². The zero-order chi connectivity index (χ0) is 17.1. The molecule has 0 aromatic heterocycles. The molecule has 24 heavy (non-hydrogen) atoms. The Morgan fingerprint density at radius 1 is 0.875 bits per heavy atom. The SMILES string of the molecule is CC(=O)c1ccc(OCC(=O)c2ccc3cc(O)ccc3c2)cc1. The van der Waals surface area contributed by atoms with Gasteiger partial charge in [-0.05, 0) is 60.2 Å². The van der Waals surface area contributed by atoms with E-state index in [1.54, 1.807) is 60.7 Å². The fraction of sp³-hybridized carbons (Fsp3) is 0.100. The molecule has 0 bridgehead atoms. The van der Waals surface area contributed by atoms with Gasteiger partial charge in [0.2, 0.25) is 0 Å². The smallest absolute Gasteiger partial charge is 0.200 e. The minimum atomic E-state index is -0.138. The number of Topliss-reactive ketones (excluding diaryl/α,β-unsaturated/α-hetero) is 2. The number of benzene rings is 3. The van der Waals surface area contributed by atoms with Gasteiger partial charge in [-0.15, -0.1) is 0 Å². The number of phenols is 1. The number of ketones is 2. The largest absolute Gasteiger partial charge is 0.508 e. The van der Waals surface area contributed by atoms with Gasteiger partial charge in [0.1, 0.15) is 11.5 Å². The molecule has 0 atom stereocenters. The predicted molar refractivity (Wildman–Crippen MR) is 91.9 cm³/mol. The fourth-order valence-corrected chi connectivity index (χ4v) is 2.42. The minimum absolute atomic E-state index is 0.0140. The Hall–Kier alpha value is -3.14. The lowest BCUT2D eigenvalue weighted by Crippen LogP contribution is -2.11. The van der Waals surface area contributed by atoms with Gasteiger partial charge >= 0.3 is 0 Å². The fourth-order valence-electron chi connectivity index (χ4n) is 2.42. The van der Waals surface area contributed by atoms with Crippen LogP contribution in [0.1, 0.15) is 27.6 Å².